The van der Waals surface area contributed by atoms with Gasteiger partial charge in [0.2, 0.25) is 0 Å². The molecule has 0 saturated heterocycles. The number of nitrogens with one attached hydrogen (secondary N) is 1. The van der Waals surface area contributed by atoms with E-state index in [-0.39, 0.29) is 43.3 Å². The Bertz CT molecular complexity index is 265. The third-order valence-corrected chi connectivity index (χ3v) is 3.94. The van der Waals surface area contributed by atoms with Crippen molar-refractivity contribution in [3.63, 3.8) is 0 Å². The summed E-state index contributed by atoms with van der Waals surface area (Å²) in [5.41, 5.74) is 0. The monoisotopic (exact) mass is 479 g/mol. The second-order valence-electron chi connectivity index (χ2n) is 2.93. The molecule has 0 fully saturated rings. The van der Waals surface area contributed by atoms with Gasteiger partial charge in [-0.25, -0.2) is 0 Å². The maximum absolute atomic E-state index is 10.6. The molecular formula is C11H29N2O4PPt. The molecule has 0 spiro atoms. The second kappa shape index (κ2) is 16.3. The molecule has 0 saturated carbocycles. The molecule has 0 aliphatic rings. The number of rotatable bonds is 7. The Morgan fingerprint density at radius 1 is 1.47 bits per heavy atom. The Hall–Kier alpha value is 0.268. The zero-order chi connectivity index (χ0) is 11.9. The van der Waals surface area contributed by atoms with Gasteiger partial charge in [0.25, 0.3) is 5.97 Å². The van der Waals surface area contributed by atoms with Crippen LogP contribution in [-0.4, -0.2) is 51.2 Å². The maximum Gasteiger partial charge on any atom is 2.00 e. The number of ether oxygens (including phenoxy) is 1. The summed E-state index contributed by atoms with van der Waals surface area (Å²) < 4.78 is 14.3. The molecule has 0 rings (SSSR count). The number of carbonyl (C=O) groups is 1. The minimum atomic E-state index is -2.24. The topological polar surface area (TPSA) is 80.2 Å². The van der Waals surface area contributed by atoms with Crippen LogP contribution < -0.4 is 5.09 Å². The smallest absolute Gasteiger partial charge is 0.482 e. The van der Waals surface area contributed by atoms with Crippen LogP contribution in [0, 0.1) is 14.4 Å². The van der Waals surface area contributed by atoms with Crippen molar-refractivity contribution >= 4 is 13.4 Å². The van der Waals surface area contributed by atoms with Crippen molar-refractivity contribution in [2.75, 3.05) is 34.0 Å². The normalized spacial score (nSPS) is 13.3. The molecule has 2 atom stereocenters. The molecule has 0 aliphatic heterocycles. The van der Waals surface area contributed by atoms with E-state index in [1.165, 1.54) is 0 Å². The first kappa shape index (κ1) is 31.6. The van der Waals surface area contributed by atoms with Crippen LogP contribution in [0.4, 0.5) is 0 Å². The van der Waals surface area contributed by atoms with Crippen LogP contribution in [0.5, 0.6) is 0 Å². The predicted octanol–water partition coefficient (Wildman–Crippen LogP) is 2.54. The van der Waals surface area contributed by atoms with E-state index in [1.807, 2.05) is 0 Å². The van der Waals surface area contributed by atoms with Crippen LogP contribution in [0.3, 0.4) is 0 Å². The summed E-state index contributed by atoms with van der Waals surface area (Å²) in [7, 11) is 0.914. The van der Waals surface area contributed by atoms with E-state index in [2.05, 4.69) is 16.8 Å². The molecule has 0 radical (unpaired) electrons. The summed E-state index contributed by atoms with van der Waals surface area (Å²) in [5, 5.41) is 11.4. The zero-order valence-electron chi connectivity index (χ0n) is 10.6. The number of methoxy groups -OCH3 is 1. The van der Waals surface area contributed by atoms with Crippen LogP contribution >= 0.6 is 7.43 Å². The number of hydrogen-bond donors (Lipinski definition) is 2. The van der Waals surface area contributed by atoms with Gasteiger partial charge in [-0.15, -0.1) is 0 Å². The van der Waals surface area contributed by atoms with Crippen molar-refractivity contribution in [3.05, 3.63) is 14.4 Å². The van der Waals surface area contributed by atoms with Gasteiger partial charge >= 0.3 is 21.1 Å². The van der Waals surface area contributed by atoms with E-state index >= 15 is 0 Å². The summed E-state index contributed by atoms with van der Waals surface area (Å²) >= 11 is 0. The van der Waals surface area contributed by atoms with Crippen LogP contribution in [0.25, 0.3) is 0 Å². The van der Waals surface area contributed by atoms with Crippen molar-refractivity contribution in [1.82, 2.24) is 5.09 Å². The quantitative estimate of drug-likeness (QED) is 0.333. The predicted molar refractivity (Wildman–Crippen MR) is 78.8 cm³/mol. The Morgan fingerprint density at radius 2 is 1.95 bits per heavy atom. The van der Waals surface area contributed by atoms with Gasteiger partial charge in [-0.2, -0.15) is 0 Å². The van der Waals surface area contributed by atoms with E-state index in [0.29, 0.717) is 13.2 Å². The van der Waals surface area contributed by atoms with E-state index < -0.39 is 19.4 Å². The first-order chi connectivity index (χ1) is 6.95. The molecule has 2 unspecified atom stereocenters. The molecule has 8 heteroatoms. The average Bonchev–Trinajstić information content (AvgIpc) is 2.18. The molecule has 122 valence electrons. The zero-order valence-corrected chi connectivity index (χ0v) is 13.7. The van der Waals surface area contributed by atoms with Crippen molar-refractivity contribution in [2.24, 2.45) is 4.74 Å². The molecule has 0 aromatic rings. The number of carboxylic acids is 1. The molecule has 2 N–H and O–H groups in total. The Balaban J connectivity index is -0.000000163. The minimum Gasteiger partial charge on any atom is -0.482 e. The van der Waals surface area contributed by atoms with Crippen LogP contribution in [0.2, 0.25) is 0 Å². The van der Waals surface area contributed by atoms with E-state index in [9.17, 15) is 4.79 Å². The molecule has 0 aromatic heterocycles. The van der Waals surface area contributed by atoms with Gasteiger partial charge in [0, 0.05) is 20.8 Å². The second-order valence-corrected chi connectivity index (χ2v) is 5.60. The standard InChI is InChI=1S/C8H18N2O4P.2CH4.CH3.Pt/c1-7(8(11)12)10-15(4,9-2)14-6-5-13-3;;;;/h7,10H,1,5-6H2,2-4H3,(H,11,12);2*1H4;1H3;/q-1;;;-1;+2. The molecule has 0 bridgehead atoms. The summed E-state index contributed by atoms with van der Waals surface area (Å²) in [6, 6.07) is -0.922. The molecule has 0 amide bonds. The van der Waals surface area contributed by atoms with Gasteiger partial charge in [-0.05, 0) is 6.04 Å². The SMILES string of the molecule is C.C.[CH2-]C(NP(C)(=NC)OCCOC)C(=O)O.[CH3-].[Pt+2]. The van der Waals surface area contributed by atoms with Gasteiger partial charge in [-0.1, -0.05) is 14.9 Å². The number of nitrogens with zero attached hydrogens (tertiary/aromatic N) is 1. The summed E-state index contributed by atoms with van der Waals surface area (Å²) in [4.78, 5) is 10.6. The van der Waals surface area contributed by atoms with E-state index in [1.54, 1.807) is 20.8 Å². The maximum atomic E-state index is 10.6. The third kappa shape index (κ3) is 14.5. The largest absolute Gasteiger partial charge is 2.00 e. The fourth-order valence-electron chi connectivity index (χ4n) is 0.795. The summed E-state index contributed by atoms with van der Waals surface area (Å²) in [6.45, 7) is 6.00. The fourth-order valence-corrected chi connectivity index (χ4v) is 2.22. The molecule has 6 nitrogen and oxygen atoms in total. The number of aliphatic carboxylic acids is 1. The van der Waals surface area contributed by atoms with Crippen LogP contribution in [0.1, 0.15) is 14.9 Å². The summed E-state index contributed by atoms with van der Waals surface area (Å²) in [5.74, 6) is -1.03. The fraction of sp³-hybridized carbons (Fsp3) is 0.727. The van der Waals surface area contributed by atoms with E-state index in [0.717, 1.165) is 0 Å². The molecular weight excluding hydrogens is 450 g/mol. The summed E-state index contributed by atoms with van der Waals surface area (Å²) in [6.07, 6.45) is 0. The first-order valence-corrected chi connectivity index (χ1v) is 6.51. The third-order valence-electron chi connectivity index (χ3n) is 1.71. The van der Waals surface area contributed by atoms with Crippen molar-refractivity contribution < 1.29 is 40.2 Å². The van der Waals surface area contributed by atoms with E-state index in [4.69, 9.17) is 14.4 Å². The average molecular weight is 479 g/mol. The molecule has 19 heavy (non-hydrogen) atoms. The van der Waals surface area contributed by atoms with Crippen LogP contribution in [0.15, 0.2) is 4.74 Å². The molecule has 0 heterocycles. The Labute approximate surface area is 133 Å². The van der Waals surface area contributed by atoms with Gasteiger partial charge in [0.15, 0.2) is 0 Å². The Morgan fingerprint density at radius 3 is 2.26 bits per heavy atom. The Kier molecular flexibility index (Phi) is 27.1. The van der Waals surface area contributed by atoms with Crippen molar-refractivity contribution in [2.45, 2.75) is 20.9 Å². The van der Waals surface area contributed by atoms with Gasteiger partial charge < -0.3 is 28.7 Å². The number of hydrogen-bond acceptors (Lipinski definition) is 4. The van der Waals surface area contributed by atoms with Gasteiger partial charge in [0.1, 0.15) is 7.43 Å². The first-order valence-electron chi connectivity index (χ1n) is 4.40. The van der Waals surface area contributed by atoms with Crippen molar-refractivity contribution in [3.8, 4) is 0 Å². The van der Waals surface area contributed by atoms with Gasteiger partial charge in [-0.3, -0.25) is 14.6 Å². The number of carboxylic acid groups (broad SMARTS) is 1. The van der Waals surface area contributed by atoms with Gasteiger partial charge in [0.05, 0.1) is 13.2 Å². The molecule has 0 aromatic carbocycles. The van der Waals surface area contributed by atoms with Crippen molar-refractivity contribution in [1.29, 1.82) is 0 Å². The minimum absolute atomic E-state index is 0. The molecule has 0 aliphatic carbocycles. The van der Waals surface area contributed by atoms with Crippen LogP contribution in [-0.2, 0) is 35.1 Å².